The average molecular weight is 307 g/mol. The Labute approximate surface area is 132 Å². The minimum absolute atomic E-state index is 0.0462. The van der Waals surface area contributed by atoms with Crippen LogP contribution in [0.4, 0.5) is 5.69 Å². The molecule has 0 radical (unpaired) electrons. The number of anilines is 1. The van der Waals surface area contributed by atoms with Gasteiger partial charge in [-0.05, 0) is 64.0 Å². The van der Waals surface area contributed by atoms with Gasteiger partial charge in [0.25, 0.3) is 0 Å². The third-order valence-corrected chi connectivity index (χ3v) is 3.50. The van der Waals surface area contributed by atoms with Crippen molar-refractivity contribution < 1.29 is 4.79 Å². The lowest BCUT2D eigenvalue weighted by molar-refractivity contribution is -0.122. The summed E-state index contributed by atoms with van der Waals surface area (Å²) in [5.74, 6) is -0.0462. The van der Waals surface area contributed by atoms with E-state index in [1.807, 2.05) is 46.9 Å². The van der Waals surface area contributed by atoms with Crippen molar-refractivity contribution in [3.8, 4) is 0 Å². The first-order chi connectivity index (χ1) is 9.60. The molecule has 0 fully saturated rings. The molecule has 1 rings (SSSR count). The Balaban J connectivity index is 2.63. The fourth-order valence-corrected chi connectivity index (χ4v) is 2.02. The van der Waals surface area contributed by atoms with Gasteiger partial charge >= 0.3 is 0 Å². The van der Waals surface area contributed by atoms with Crippen molar-refractivity contribution in [2.75, 3.05) is 18.9 Å². The first-order valence-electron chi connectivity index (χ1n) is 6.99. The third-order valence-electron chi connectivity index (χ3n) is 3.09. The molecular weight excluding hydrogens is 282 g/mol. The van der Waals surface area contributed by atoms with Crippen LogP contribution in [0, 0.1) is 13.8 Å². The molecule has 0 saturated carbocycles. The van der Waals surface area contributed by atoms with Gasteiger partial charge in [0.2, 0.25) is 5.91 Å². The second-order valence-corrected chi connectivity index (χ2v) is 6.72. The molecule has 2 N–H and O–H groups in total. The number of amides is 1. The maximum atomic E-state index is 11.9. The van der Waals surface area contributed by atoms with E-state index in [1.165, 1.54) is 5.56 Å². The summed E-state index contributed by atoms with van der Waals surface area (Å²) in [4.78, 5) is 13.6. The van der Waals surface area contributed by atoms with Crippen LogP contribution in [0.15, 0.2) is 18.2 Å². The Hall–Kier alpha value is -1.62. The van der Waals surface area contributed by atoms with Gasteiger partial charge in [-0.1, -0.05) is 12.1 Å². The number of hydrogen-bond acceptors (Lipinski definition) is 2. The van der Waals surface area contributed by atoms with Gasteiger partial charge in [0.15, 0.2) is 5.11 Å². The normalized spacial score (nSPS) is 11.0. The van der Waals surface area contributed by atoms with Crippen LogP contribution in [0.3, 0.4) is 0 Å². The van der Waals surface area contributed by atoms with Crippen LogP contribution in [0.2, 0.25) is 0 Å². The Morgan fingerprint density at radius 3 is 2.48 bits per heavy atom. The SMILES string of the molecule is Cc1cccc(NC(=S)N(C)CC(=O)NC(C)(C)C)c1C. The molecular formula is C16H25N3OS. The first-order valence-corrected chi connectivity index (χ1v) is 7.40. The van der Waals surface area contributed by atoms with Crippen LogP contribution >= 0.6 is 12.2 Å². The molecule has 4 nitrogen and oxygen atoms in total. The monoisotopic (exact) mass is 307 g/mol. The maximum Gasteiger partial charge on any atom is 0.239 e. The van der Waals surface area contributed by atoms with Crippen molar-refractivity contribution in [2.24, 2.45) is 0 Å². The van der Waals surface area contributed by atoms with Gasteiger partial charge in [-0.2, -0.15) is 0 Å². The van der Waals surface area contributed by atoms with Crippen molar-refractivity contribution in [3.63, 3.8) is 0 Å². The number of aryl methyl sites for hydroxylation is 1. The van der Waals surface area contributed by atoms with Gasteiger partial charge in [0.05, 0.1) is 6.54 Å². The Morgan fingerprint density at radius 2 is 1.90 bits per heavy atom. The number of nitrogens with zero attached hydrogens (tertiary/aromatic N) is 1. The molecule has 116 valence electrons. The number of carbonyl (C=O) groups excluding carboxylic acids is 1. The predicted octanol–water partition coefficient (Wildman–Crippen LogP) is 2.85. The third kappa shape index (κ3) is 5.71. The number of thiocarbonyl (C=S) groups is 1. The molecule has 21 heavy (non-hydrogen) atoms. The van der Waals surface area contributed by atoms with E-state index < -0.39 is 0 Å². The number of rotatable bonds is 3. The summed E-state index contributed by atoms with van der Waals surface area (Å²) in [5, 5.41) is 6.65. The van der Waals surface area contributed by atoms with E-state index in [4.69, 9.17) is 12.2 Å². The quantitative estimate of drug-likeness (QED) is 0.843. The zero-order valence-electron chi connectivity index (χ0n) is 13.7. The highest BCUT2D eigenvalue weighted by molar-refractivity contribution is 7.80. The van der Waals surface area contributed by atoms with E-state index in [2.05, 4.69) is 23.6 Å². The van der Waals surface area contributed by atoms with E-state index in [9.17, 15) is 4.79 Å². The molecule has 0 aliphatic heterocycles. The maximum absolute atomic E-state index is 11.9. The summed E-state index contributed by atoms with van der Waals surface area (Å²) in [5.41, 5.74) is 3.10. The molecule has 0 bridgehead atoms. The molecule has 0 aromatic heterocycles. The lowest BCUT2D eigenvalue weighted by Crippen LogP contribution is -2.47. The summed E-state index contributed by atoms with van der Waals surface area (Å²) >= 11 is 5.36. The zero-order chi connectivity index (χ0) is 16.2. The number of likely N-dealkylation sites (N-methyl/N-ethyl adjacent to an activating group) is 1. The molecule has 0 atom stereocenters. The summed E-state index contributed by atoms with van der Waals surface area (Å²) in [6, 6.07) is 6.03. The summed E-state index contributed by atoms with van der Waals surface area (Å²) in [6.45, 7) is 10.2. The van der Waals surface area contributed by atoms with Crippen LogP contribution in [0.1, 0.15) is 31.9 Å². The van der Waals surface area contributed by atoms with Crippen molar-refractivity contribution in [1.82, 2.24) is 10.2 Å². The molecule has 0 heterocycles. The first kappa shape index (κ1) is 17.4. The smallest absolute Gasteiger partial charge is 0.239 e. The molecule has 1 amide bonds. The summed E-state index contributed by atoms with van der Waals surface area (Å²) in [6.07, 6.45) is 0. The Bertz CT molecular complexity index is 535. The lowest BCUT2D eigenvalue weighted by atomic mass is 10.1. The number of carbonyl (C=O) groups is 1. The van der Waals surface area contributed by atoms with E-state index in [1.54, 1.807) is 4.90 Å². The van der Waals surface area contributed by atoms with Gasteiger partial charge in [-0.25, -0.2) is 0 Å². The van der Waals surface area contributed by atoms with Crippen LogP contribution in [-0.4, -0.2) is 35.1 Å². The summed E-state index contributed by atoms with van der Waals surface area (Å²) < 4.78 is 0. The molecule has 0 aliphatic rings. The molecule has 0 aliphatic carbocycles. The number of hydrogen-bond donors (Lipinski definition) is 2. The van der Waals surface area contributed by atoms with E-state index in [0.717, 1.165) is 11.3 Å². The van der Waals surface area contributed by atoms with Crippen molar-refractivity contribution in [3.05, 3.63) is 29.3 Å². The van der Waals surface area contributed by atoms with Gasteiger partial charge in [-0.3, -0.25) is 4.79 Å². The minimum Gasteiger partial charge on any atom is -0.350 e. The summed E-state index contributed by atoms with van der Waals surface area (Å²) in [7, 11) is 1.81. The molecule has 0 unspecified atom stereocenters. The predicted molar refractivity (Wildman–Crippen MR) is 92.7 cm³/mol. The second-order valence-electron chi connectivity index (χ2n) is 6.33. The Kier molecular flexibility index (Phi) is 5.72. The van der Waals surface area contributed by atoms with E-state index >= 15 is 0 Å². The van der Waals surface area contributed by atoms with Crippen LogP contribution < -0.4 is 10.6 Å². The van der Waals surface area contributed by atoms with Crippen molar-refractivity contribution in [1.29, 1.82) is 0 Å². The van der Waals surface area contributed by atoms with Gasteiger partial charge in [-0.15, -0.1) is 0 Å². The van der Waals surface area contributed by atoms with E-state index in [-0.39, 0.29) is 18.0 Å². The van der Waals surface area contributed by atoms with Crippen LogP contribution in [0.25, 0.3) is 0 Å². The second kappa shape index (κ2) is 6.89. The highest BCUT2D eigenvalue weighted by Crippen LogP contribution is 2.18. The van der Waals surface area contributed by atoms with Gasteiger partial charge < -0.3 is 15.5 Å². The fourth-order valence-electron chi connectivity index (χ4n) is 1.84. The van der Waals surface area contributed by atoms with Crippen LogP contribution in [0.5, 0.6) is 0 Å². The molecule has 0 saturated heterocycles. The molecule has 1 aromatic carbocycles. The van der Waals surface area contributed by atoms with Gasteiger partial charge in [0, 0.05) is 18.3 Å². The number of benzene rings is 1. The zero-order valence-corrected chi connectivity index (χ0v) is 14.5. The van der Waals surface area contributed by atoms with E-state index in [0.29, 0.717) is 5.11 Å². The Morgan fingerprint density at radius 1 is 1.29 bits per heavy atom. The largest absolute Gasteiger partial charge is 0.350 e. The highest BCUT2D eigenvalue weighted by Gasteiger charge is 2.16. The van der Waals surface area contributed by atoms with Crippen molar-refractivity contribution >= 4 is 28.9 Å². The number of nitrogens with one attached hydrogen (secondary N) is 2. The minimum atomic E-state index is -0.236. The van der Waals surface area contributed by atoms with Crippen molar-refractivity contribution in [2.45, 2.75) is 40.2 Å². The van der Waals surface area contributed by atoms with Crippen LogP contribution in [-0.2, 0) is 4.79 Å². The molecule has 5 heteroatoms. The topological polar surface area (TPSA) is 44.4 Å². The molecule has 0 spiro atoms. The fraction of sp³-hybridized carbons (Fsp3) is 0.500. The standard InChI is InChI=1S/C16H25N3OS/c1-11-8-7-9-13(12(11)2)17-15(21)19(6)10-14(20)18-16(3,4)5/h7-9H,10H2,1-6H3,(H,17,21)(H,18,20). The highest BCUT2D eigenvalue weighted by atomic mass is 32.1. The van der Waals surface area contributed by atoms with Gasteiger partial charge in [0.1, 0.15) is 0 Å². The lowest BCUT2D eigenvalue weighted by Gasteiger charge is -2.25. The molecule has 1 aromatic rings. The average Bonchev–Trinajstić information content (AvgIpc) is 2.32.